The van der Waals surface area contributed by atoms with Crippen LogP contribution in [0.4, 0.5) is 4.79 Å². The number of hydrogen-bond acceptors (Lipinski definition) is 5. The van der Waals surface area contributed by atoms with Gasteiger partial charge in [0.2, 0.25) is 5.91 Å². The summed E-state index contributed by atoms with van der Waals surface area (Å²) in [6, 6.07) is 7.46. The summed E-state index contributed by atoms with van der Waals surface area (Å²) in [5.74, 6) is 0.793. The third-order valence-electron chi connectivity index (χ3n) is 4.68. The maximum atomic E-state index is 12.3. The molecule has 1 aromatic carbocycles. The Morgan fingerprint density at radius 3 is 3.00 bits per heavy atom. The predicted octanol–water partition coefficient (Wildman–Crippen LogP) is 1.56. The Balaban J connectivity index is 1.43. The zero-order valence-electron chi connectivity index (χ0n) is 13.4. The molecule has 3 amide bonds. The lowest BCUT2D eigenvalue weighted by Gasteiger charge is -2.31. The zero-order chi connectivity index (χ0) is 16.5. The highest BCUT2D eigenvalue weighted by Crippen LogP contribution is 2.28. The first kappa shape index (κ1) is 15.1. The third-order valence-corrected chi connectivity index (χ3v) is 4.68. The van der Waals surface area contributed by atoms with Crippen molar-refractivity contribution in [2.24, 2.45) is 0 Å². The van der Waals surface area contributed by atoms with Crippen LogP contribution in [0.2, 0.25) is 0 Å². The van der Waals surface area contributed by atoms with Crippen LogP contribution in [0.25, 0.3) is 11.1 Å². The number of carbonyl (C=O) groups excluding carboxylic acids is 2. The fraction of sp³-hybridized carbons (Fsp3) is 0.471. The quantitative estimate of drug-likeness (QED) is 0.925. The first-order valence-corrected chi connectivity index (χ1v) is 8.37. The summed E-state index contributed by atoms with van der Waals surface area (Å²) in [7, 11) is 0. The monoisotopic (exact) mass is 328 g/mol. The van der Waals surface area contributed by atoms with E-state index >= 15 is 0 Å². The number of para-hydroxylation sites is 2. The van der Waals surface area contributed by atoms with Crippen molar-refractivity contribution in [2.75, 3.05) is 32.7 Å². The average Bonchev–Trinajstić information content (AvgIpc) is 3.21. The molecule has 0 unspecified atom stereocenters. The number of rotatable bonds is 3. The first-order valence-electron chi connectivity index (χ1n) is 8.37. The molecule has 126 valence electrons. The smallest absolute Gasteiger partial charge is 0.324 e. The van der Waals surface area contributed by atoms with Crippen LogP contribution in [-0.4, -0.2) is 59.4 Å². The van der Waals surface area contributed by atoms with Crippen molar-refractivity contribution in [1.82, 2.24) is 20.1 Å². The van der Waals surface area contributed by atoms with Crippen molar-refractivity contribution in [3.63, 3.8) is 0 Å². The molecule has 2 saturated heterocycles. The number of fused-ring (bicyclic) bond motifs is 1. The predicted molar refractivity (Wildman–Crippen MR) is 87.5 cm³/mol. The van der Waals surface area contributed by atoms with Crippen molar-refractivity contribution in [1.29, 1.82) is 0 Å². The van der Waals surface area contributed by atoms with E-state index < -0.39 is 0 Å². The molecule has 0 saturated carbocycles. The average molecular weight is 328 g/mol. The summed E-state index contributed by atoms with van der Waals surface area (Å²) >= 11 is 0. The van der Waals surface area contributed by atoms with Gasteiger partial charge in [-0.05, 0) is 31.5 Å². The number of piperidine rings is 1. The van der Waals surface area contributed by atoms with Crippen LogP contribution in [0.15, 0.2) is 28.7 Å². The Morgan fingerprint density at radius 2 is 2.21 bits per heavy atom. The van der Waals surface area contributed by atoms with Crippen molar-refractivity contribution >= 4 is 23.0 Å². The van der Waals surface area contributed by atoms with E-state index in [4.69, 9.17) is 4.42 Å². The number of carbonyl (C=O) groups is 2. The number of nitrogens with zero attached hydrogens (tertiary/aromatic N) is 3. The number of amides is 3. The van der Waals surface area contributed by atoms with Crippen molar-refractivity contribution in [2.45, 2.75) is 18.8 Å². The molecule has 0 radical (unpaired) electrons. The minimum Gasteiger partial charge on any atom is -0.440 e. The topological polar surface area (TPSA) is 78.7 Å². The summed E-state index contributed by atoms with van der Waals surface area (Å²) in [5.41, 5.74) is 1.67. The molecule has 2 aliphatic heterocycles. The number of nitrogens with one attached hydrogen (secondary N) is 1. The number of oxazole rings is 1. The second-order valence-corrected chi connectivity index (χ2v) is 6.37. The molecule has 0 spiro atoms. The molecule has 1 aromatic heterocycles. The SMILES string of the molecule is O=C(CN1CCC[C@H](c2nc3ccccc3o2)C1)N1CCNC1=O. The second-order valence-electron chi connectivity index (χ2n) is 6.37. The summed E-state index contributed by atoms with van der Waals surface area (Å²) in [5, 5.41) is 2.66. The van der Waals surface area contributed by atoms with E-state index in [-0.39, 0.29) is 24.4 Å². The molecule has 4 rings (SSSR count). The van der Waals surface area contributed by atoms with E-state index in [1.807, 2.05) is 24.3 Å². The van der Waals surface area contributed by atoms with Gasteiger partial charge in [0.25, 0.3) is 0 Å². The molecule has 7 heteroatoms. The Hall–Kier alpha value is -2.41. The van der Waals surface area contributed by atoms with Crippen LogP contribution in [0.5, 0.6) is 0 Å². The lowest BCUT2D eigenvalue weighted by atomic mass is 9.98. The maximum absolute atomic E-state index is 12.3. The molecule has 1 N–H and O–H groups in total. The van der Waals surface area contributed by atoms with E-state index in [1.54, 1.807) is 0 Å². The lowest BCUT2D eigenvalue weighted by Crippen LogP contribution is -2.44. The van der Waals surface area contributed by atoms with Crippen LogP contribution in [-0.2, 0) is 4.79 Å². The van der Waals surface area contributed by atoms with Gasteiger partial charge in [0.05, 0.1) is 6.54 Å². The van der Waals surface area contributed by atoms with Crippen LogP contribution in [0.3, 0.4) is 0 Å². The lowest BCUT2D eigenvalue weighted by molar-refractivity contribution is -0.129. The van der Waals surface area contributed by atoms with E-state index in [9.17, 15) is 9.59 Å². The molecule has 2 fully saturated rings. The van der Waals surface area contributed by atoms with Crippen LogP contribution < -0.4 is 5.32 Å². The molecule has 24 heavy (non-hydrogen) atoms. The Bertz CT molecular complexity index is 739. The van der Waals surface area contributed by atoms with Crippen molar-refractivity contribution in [3.8, 4) is 0 Å². The van der Waals surface area contributed by atoms with E-state index in [0.717, 1.165) is 42.9 Å². The van der Waals surface area contributed by atoms with Crippen LogP contribution >= 0.6 is 0 Å². The number of urea groups is 1. The summed E-state index contributed by atoms with van der Waals surface area (Å²) in [6.07, 6.45) is 1.99. The van der Waals surface area contributed by atoms with Gasteiger partial charge in [-0.3, -0.25) is 14.6 Å². The van der Waals surface area contributed by atoms with Crippen molar-refractivity contribution in [3.05, 3.63) is 30.2 Å². The number of likely N-dealkylation sites (tertiary alicyclic amines) is 1. The zero-order valence-corrected chi connectivity index (χ0v) is 13.4. The number of imide groups is 1. The van der Waals surface area contributed by atoms with Gasteiger partial charge in [0.1, 0.15) is 5.52 Å². The largest absolute Gasteiger partial charge is 0.440 e. The van der Waals surface area contributed by atoms with E-state index in [0.29, 0.717) is 13.1 Å². The van der Waals surface area contributed by atoms with Crippen LogP contribution in [0.1, 0.15) is 24.7 Å². The normalized spacial score (nSPS) is 22.1. The number of benzene rings is 1. The van der Waals surface area contributed by atoms with E-state index in [1.165, 1.54) is 4.90 Å². The van der Waals surface area contributed by atoms with Gasteiger partial charge in [0, 0.05) is 25.6 Å². The molecule has 0 aliphatic carbocycles. The van der Waals surface area contributed by atoms with Gasteiger partial charge in [-0.15, -0.1) is 0 Å². The molecular weight excluding hydrogens is 308 g/mol. The number of hydrogen-bond donors (Lipinski definition) is 1. The molecule has 7 nitrogen and oxygen atoms in total. The van der Waals surface area contributed by atoms with Gasteiger partial charge in [0.15, 0.2) is 11.5 Å². The minimum atomic E-state index is -0.285. The summed E-state index contributed by atoms with van der Waals surface area (Å²) < 4.78 is 5.88. The summed E-state index contributed by atoms with van der Waals surface area (Å²) in [4.78, 5) is 31.9. The van der Waals surface area contributed by atoms with Gasteiger partial charge in [-0.1, -0.05) is 12.1 Å². The highest BCUT2D eigenvalue weighted by atomic mass is 16.3. The Morgan fingerprint density at radius 1 is 1.33 bits per heavy atom. The maximum Gasteiger partial charge on any atom is 0.324 e. The van der Waals surface area contributed by atoms with Gasteiger partial charge in [-0.25, -0.2) is 9.78 Å². The molecule has 0 bridgehead atoms. The van der Waals surface area contributed by atoms with Crippen LogP contribution in [0, 0.1) is 0 Å². The van der Waals surface area contributed by atoms with Gasteiger partial charge < -0.3 is 9.73 Å². The summed E-state index contributed by atoms with van der Waals surface area (Å²) in [6.45, 7) is 2.85. The molecule has 2 aliphatic rings. The molecule has 2 aromatic rings. The third kappa shape index (κ3) is 2.87. The van der Waals surface area contributed by atoms with Crippen molar-refractivity contribution < 1.29 is 14.0 Å². The van der Waals surface area contributed by atoms with Gasteiger partial charge in [-0.2, -0.15) is 0 Å². The standard InChI is InChI=1S/C17H20N4O3/c22-15(21-9-7-18-17(21)23)11-20-8-3-4-12(10-20)16-19-13-5-1-2-6-14(13)24-16/h1-2,5-6,12H,3-4,7-11H2,(H,18,23)/t12-/m0/s1. The minimum absolute atomic E-state index is 0.136. The Labute approximate surface area is 139 Å². The Kier molecular flexibility index (Phi) is 3.93. The number of aromatic nitrogens is 1. The molecule has 1 atom stereocenters. The first-order chi connectivity index (χ1) is 11.7. The van der Waals surface area contributed by atoms with E-state index in [2.05, 4.69) is 15.2 Å². The van der Waals surface area contributed by atoms with Gasteiger partial charge >= 0.3 is 6.03 Å². The second kappa shape index (κ2) is 6.24. The molecule has 3 heterocycles. The highest BCUT2D eigenvalue weighted by Gasteiger charge is 2.30. The highest BCUT2D eigenvalue weighted by molar-refractivity contribution is 5.96. The fourth-order valence-corrected chi connectivity index (χ4v) is 3.45. The molecular formula is C17H20N4O3. The fourth-order valence-electron chi connectivity index (χ4n) is 3.45.